The molecule has 1 N–H and O–H groups in total. The van der Waals surface area contributed by atoms with Gasteiger partial charge in [0, 0.05) is 13.0 Å². The lowest BCUT2D eigenvalue weighted by Gasteiger charge is -2.11. The molecule has 0 aliphatic rings. The summed E-state index contributed by atoms with van der Waals surface area (Å²) >= 11 is 0. The molecular weight excluding hydrogens is 318 g/mol. The summed E-state index contributed by atoms with van der Waals surface area (Å²) in [4.78, 5) is 12.1. The van der Waals surface area contributed by atoms with E-state index in [9.17, 15) is 4.79 Å². The van der Waals surface area contributed by atoms with Gasteiger partial charge in [-0.3, -0.25) is 4.79 Å². The number of nitrogens with one attached hydrogen (secondary N) is 1. The number of amides is 1. The number of carbonyl (C=O) groups excluding carboxylic acids is 1. The summed E-state index contributed by atoms with van der Waals surface area (Å²) in [7, 11) is 4.85. The van der Waals surface area contributed by atoms with Crippen molar-refractivity contribution in [3.63, 3.8) is 0 Å². The highest BCUT2D eigenvalue weighted by atomic mass is 16.5. The van der Waals surface area contributed by atoms with Crippen LogP contribution in [0.1, 0.15) is 23.1 Å². The first kappa shape index (κ1) is 18.6. The number of ether oxygens (including phenoxy) is 3. The number of benzene rings is 2. The van der Waals surface area contributed by atoms with Gasteiger partial charge in [-0.05, 0) is 48.2 Å². The van der Waals surface area contributed by atoms with Crippen molar-refractivity contribution in [2.75, 3.05) is 21.3 Å². The fourth-order valence-electron chi connectivity index (χ4n) is 2.63. The molecule has 5 nitrogen and oxygen atoms in total. The van der Waals surface area contributed by atoms with E-state index in [4.69, 9.17) is 14.2 Å². The molecule has 0 aliphatic carbocycles. The maximum Gasteiger partial charge on any atom is 0.220 e. The predicted octanol–water partition coefficient (Wildman–Crippen LogP) is 3.27. The number of carbonyl (C=O) groups is 1. The Morgan fingerprint density at radius 1 is 0.880 bits per heavy atom. The van der Waals surface area contributed by atoms with Crippen molar-refractivity contribution in [1.29, 1.82) is 0 Å². The summed E-state index contributed by atoms with van der Waals surface area (Å²) < 4.78 is 15.7. The fourth-order valence-corrected chi connectivity index (χ4v) is 2.63. The number of methoxy groups -OCH3 is 3. The molecule has 0 saturated carbocycles. The zero-order chi connectivity index (χ0) is 18.2. The lowest BCUT2D eigenvalue weighted by atomic mass is 10.1. The van der Waals surface area contributed by atoms with Gasteiger partial charge in [0.15, 0.2) is 11.5 Å². The zero-order valence-corrected chi connectivity index (χ0v) is 15.2. The third-order valence-corrected chi connectivity index (χ3v) is 4.04. The summed E-state index contributed by atoms with van der Waals surface area (Å²) in [5, 5.41) is 2.94. The number of aryl methyl sites for hydroxylation is 2. The van der Waals surface area contributed by atoms with Crippen molar-refractivity contribution in [2.45, 2.75) is 26.3 Å². The van der Waals surface area contributed by atoms with Crippen LogP contribution in [0, 0.1) is 6.92 Å². The number of hydrogen-bond donors (Lipinski definition) is 1. The minimum absolute atomic E-state index is 0.0169. The smallest absolute Gasteiger partial charge is 0.220 e. The Bertz CT molecular complexity index is 728. The quantitative estimate of drug-likeness (QED) is 0.799. The Labute approximate surface area is 148 Å². The molecule has 25 heavy (non-hydrogen) atoms. The monoisotopic (exact) mass is 343 g/mol. The molecular formula is C20H25NO4. The van der Waals surface area contributed by atoms with Crippen molar-refractivity contribution >= 4 is 5.91 Å². The molecule has 2 rings (SSSR count). The van der Waals surface area contributed by atoms with Gasteiger partial charge < -0.3 is 19.5 Å². The third-order valence-electron chi connectivity index (χ3n) is 4.04. The maximum atomic E-state index is 12.1. The minimum Gasteiger partial charge on any atom is -0.496 e. The van der Waals surface area contributed by atoms with E-state index in [2.05, 4.69) is 11.4 Å². The summed E-state index contributed by atoms with van der Waals surface area (Å²) in [6.07, 6.45) is 1.14. The van der Waals surface area contributed by atoms with Gasteiger partial charge in [0.1, 0.15) is 5.75 Å². The largest absolute Gasteiger partial charge is 0.496 e. The highest BCUT2D eigenvalue weighted by molar-refractivity contribution is 5.76. The van der Waals surface area contributed by atoms with E-state index < -0.39 is 0 Å². The first-order valence-corrected chi connectivity index (χ1v) is 8.18. The predicted molar refractivity (Wildman–Crippen MR) is 97.4 cm³/mol. The van der Waals surface area contributed by atoms with Gasteiger partial charge in [0.05, 0.1) is 21.3 Å². The van der Waals surface area contributed by atoms with Gasteiger partial charge in [-0.2, -0.15) is 0 Å². The summed E-state index contributed by atoms with van der Waals surface area (Å²) in [6, 6.07) is 11.6. The fraction of sp³-hybridized carbons (Fsp3) is 0.350. The lowest BCUT2D eigenvalue weighted by molar-refractivity contribution is -0.121. The molecule has 134 valence electrons. The highest BCUT2D eigenvalue weighted by Gasteiger charge is 2.07. The summed E-state index contributed by atoms with van der Waals surface area (Å²) in [5.41, 5.74) is 3.16. The van der Waals surface area contributed by atoms with Crippen LogP contribution in [0.5, 0.6) is 17.2 Å². The molecule has 2 aromatic rings. The summed E-state index contributed by atoms with van der Waals surface area (Å²) in [6.45, 7) is 2.46. The standard InChI is InChI=1S/C20H25NO4/c1-14-11-15(5-8-17(14)23-2)7-10-20(22)21-13-16-6-9-18(24-3)19(12-16)25-4/h5-6,8-9,11-12H,7,10,13H2,1-4H3,(H,21,22). The molecule has 0 fully saturated rings. The van der Waals surface area contributed by atoms with Gasteiger partial charge in [-0.25, -0.2) is 0 Å². The van der Waals surface area contributed by atoms with E-state index in [0.717, 1.165) is 22.4 Å². The van der Waals surface area contributed by atoms with Gasteiger partial charge in [0.2, 0.25) is 5.91 Å². The number of hydrogen-bond acceptors (Lipinski definition) is 4. The topological polar surface area (TPSA) is 56.8 Å². The van der Waals surface area contributed by atoms with E-state index in [0.29, 0.717) is 30.9 Å². The van der Waals surface area contributed by atoms with Gasteiger partial charge >= 0.3 is 0 Å². The van der Waals surface area contributed by atoms with Crippen molar-refractivity contribution in [1.82, 2.24) is 5.32 Å². The minimum atomic E-state index is 0.0169. The van der Waals surface area contributed by atoms with Crippen LogP contribution in [0.3, 0.4) is 0 Å². The first-order valence-electron chi connectivity index (χ1n) is 8.18. The second-order valence-corrected chi connectivity index (χ2v) is 5.77. The first-order chi connectivity index (χ1) is 12.1. The maximum absolute atomic E-state index is 12.1. The Morgan fingerprint density at radius 3 is 2.16 bits per heavy atom. The third kappa shape index (κ3) is 5.14. The van der Waals surface area contributed by atoms with Crippen molar-refractivity contribution < 1.29 is 19.0 Å². The van der Waals surface area contributed by atoms with Gasteiger partial charge in [0.25, 0.3) is 0 Å². The molecule has 0 atom stereocenters. The van der Waals surface area contributed by atoms with E-state index >= 15 is 0 Å². The molecule has 0 aliphatic heterocycles. The highest BCUT2D eigenvalue weighted by Crippen LogP contribution is 2.27. The van der Waals surface area contributed by atoms with Crippen LogP contribution in [0.25, 0.3) is 0 Å². The number of rotatable bonds is 8. The van der Waals surface area contributed by atoms with Crippen LogP contribution in [0.4, 0.5) is 0 Å². The molecule has 0 radical (unpaired) electrons. The van der Waals surface area contributed by atoms with Gasteiger partial charge in [-0.15, -0.1) is 0 Å². The average molecular weight is 343 g/mol. The molecule has 0 spiro atoms. The second kappa shape index (κ2) is 8.97. The molecule has 0 heterocycles. The molecule has 0 aromatic heterocycles. The molecule has 0 unspecified atom stereocenters. The van der Waals surface area contributed by atoms with Gasteiger partial charge in [-0.1, -0.05) is 18.2 Å². The van der Waals surface area contributed by atoms with E-state index in [1.165, 1.54) is 0 Å². The molecule has 1 amide bonds. The van der Waals surface area contributed by atoms with Crippen LogP contribution in [-0.4, -0.2) is 27.2 Å². The van der Waals surface area contributed by atoms with Crippen LogP contribution < -0.4 is 19.5 Å². The molecule has 0 saturated heterocycles. The van der Waals surface area contributed by atoms with Crippen LogP contribution >= 0.6 is 0 Å². The molecule has 5 heteroatoms. The SMILES string of the molecule is COc1ccc(CCC(=O)NCc2ccc(OC)c(OC)c2)cc1C. The van der Waals surface area contributed by atoms with E-state index in [1.54, 1.807) is 21.3 Å². The van der Waals surface area contributed by atoms with Crippen molar-refractivity contribution in [2.24, 2.45) is 0 Å². The average Bonchev–Trinajstić information content (AvgIpc) is 2.64. The Hall–Kier alpha value is -2.69. The summed E-state index contributed by atoms with van der Waals surface area (Å²) in [5.74, 6) is 2.21. The van der Waals surface area contributed by atoms with Crippen LogP contribution in [-0.2, 0) is 17.8 Å². The molecule has 2 aromatic carbocycles. The van der Waals surface area contributed by atoms with Crippen LogP contribution in [0.15, 0.2) is 36.4 Å². The Morgan fingerprint density at radius 2 is 1.52 bits per heavy atom. The van der Waals surface area contributed by atoms with Crippen molar-refractivity contribution in [3.05, 3.63) is 53.1 Å². The van der Waals surface area contributed by atoms with Crippen molar-refractivity contribution in [3.8, 4) is 17.2 Å². The lowest BCUT2D eigenvalue weighted by Crippen LogP contribution is -2.23. The van der Waals surface area contributed by atoms with Crippen LogP contribution in [0.2, 0.25) is 0 Å². The normalized spacial score (nSPS) is 10.2. The Balaban J connectivity index is 1.85. The second-order valence-electron chi connectivity index (χ2n) is 5.77. The zero-order valence-electron chi connectivity index (χ0n) is 15.2. The Kier molecular flexibility index (Phi) is 6.69. The van der Waals surface area contributed by atoms with E-state index in [1.807, 2.05) is 37.3 Å². The molecule has 0 bridgehead atoms. The van der Waals surface area contributed by atoms with E-state index in [-0.39, 0.29) is 5.91 Å².